The number of nitrogens with two attached hydrogens (primary N) is 1. The number of methoxy groups -OCH3 is 1. The summed E-state index contributed by atoms with van der Waals surface area (Å²) < 4.78 is 5.21. The van der Waals surface area contributed by atoms with Crippen LogP contribution >= 0.6 is 11.3 Å². The minimum absolute atomic E-state index is 0.159. The van der Waals surface area contributed by atoms with Crippen LogP contribution in [0.25, 0.3) is 21.9 Å². The second-order valence-corrected chi connectivity index (χ2v) is 8.09. The molecule has 0 saturated carbocycles. The van der Waals surface area contributed by atoms with Gasteiger partial charge in [0.2, 0.25) is 0 Å². The summed E-state index contributed by atoms with van der Waals surface area (Å²) in [4.78, 5) is 5.57. The highest BCUT2D eigenvalue weighted by Crippen LogP contribution is 2.29. The first-order valence-electron chi connectivity index (χ1n) is 9.51. The Morgan fingerprint density at radius 3 is 2.68 bits per heavy atom. The van der Waals surface area contributed by atoms with Crippen LogP contribution in [0.5, 0.6) is 5.75 Å². The van der Waals surface area contributed by atoms with Crippen molar-refractivity contribution >= 4 is 22.1 Å². The van der Waals surface area contributed by atoms with Crippen LogP contribution in [0.2, 0.25) is 0 Å². The number of hydrogen-bond acceptors (Lipinski definition) is 4. The number of hydrogen-bond donors (Lipinski definition) is 1. The molecule has 2 aromatic carbocycles. The Hall–Kier alpha value is -2.69. The number of nitrogens with zero attached hydrogens (tertiary/aromatic N) is 1. The van der Waals surface area contributed by atoms with Gasteiger partial charge in [0, 0.05) is 28.7 Å². The van der Waals surface area contributed by atoms with Gasteiger partial charge in [-0.2, -0.15) is 0 Å². The van der Waals surface area contributed by atoms with Gasteiger partial charge in [-0.25, -0.2) is 0 Å². The summed E-state index contributed by atoms with van der Waals surface area (Å²) in [6, 6.07) is 19.2. The zero-order valence-corrected chi connectivity index (χ0v) is 16.8. The average Bonchev–Trinajstić information content (AvgIpc) is 3.21. The molecule has 0 spiro atoms. The predicted molar refractivity (Wildman–Crippen MR) is 118 cm³/mol. The SMILES string of the molecule is COc1ccc(C[C@H](N)CCc2cc(-c3ccc4cnccc4c3)cs2)cc1. The van der Waals surface area contributed by atoms with E-state index in [1.807, 2.05) is 35.9 Å². The number of thiophene rings is 1. The maximum absolute atomic E-state index is 6.37. The molecule has 4 aromatic rings. The minimum Gasteiger partial charge on any atom is -0.497 e. The highest BCUT2D eigenvalue weighted by Gasteiger charge is 2.08. The second-order valence-electron chi connectivity index (χ2n) is 7.09. The van der Waals surface area contributed by atoms with E-state index < -0.39 is 0 Å². The molecule has 0 fully saturated rings. The number of aromatic nitrogens is 1. The van der Waals surface area contributed by atoms with Gasteiger partial charge in [-0.3, -0.25) is 4.98 Å². The van der Waals surface area contributed by atoms with E-state index in [9.17, 15) is 0 Å². The third kappa shape index (κ3) is 4.41. The molecule has 2 heterocycles. The molecule has 3 nitrogen and oxygen atoms in total. The molecule has 0 saturated heterocycles. The minimum atomic E-state index is 0.159. The van der Waals surface area contributed by atoms with Crippen molar-refractivity contribution in [3.63, 3.8) is 0 Å². The van der Waals surface area contributed by atoms with E-state index in [1.165, 1.54) is 32.3 Å². The first kappa shape index (κ1) is 18.7. The average molecular weight is 389 g/mol. The number of pyridine rings is 1. The molecule has 0 bridgehead atoms. The van der Waals surface area contributed by atoms with Crippen LogP contribution in [0.3, 0.4) is 0 Å². The molecule has 2 N–H and O–H groups in total. The summed E-state index contributed by atoms with van der Waals surface area (Å²) in [6.45, 7) is 0. The predicted octanol–water partition coefficient (Wildman–Crippen LogP) is 5.47. The molecular weight excluding hydrogens is 364 g/mol. The van der Waals surface area contributed by atoms with Gasteiger partial charge in [0.1, 0.15) is 5.75 Å². The summed E-state index contributed by atoms with van der Waals surface area (Å²) in [5.74, 6) is 0.883. The topological polar surface area (TPSA) is 48.1 Å². The van der Waals surface area contributed by atoms with Gasteiger partial charge in [-0.05, 0) is 77.1 Å². The fraction of sp³-hybridized carbons (Fsp3) is 0.208. The standard InChI is InChI=1S/C24H24N2OS/c1-27-23-7-2-17(3-8-23)12-22(25)6-9-24-14-21(16-28-24)18-4-5-20-15-26-11-10-19(20)13-18/h2-5,7-8,10-11,13-16,22H,6,9,12,25H2,1H3/t22-/m1/s1. The zero-order valence-electron chi connectivity index (χ0n) is 16.0. The first-order valence-corrected chi connectivity index (χ1v) is 10.4. The van der Waals surface area contributed by atoms with E-state index in [0.717, 1.165) is 25.0 Å². The van der Waals surface area contributed by atoms with E-state index in [0.29, 0.717) is 0 Å². The van der Waals surface area contributed by atoms with Crippen LogP contribution in [0.1, 0.15) is 16.9 Å². The molecule has 2 aromatic heterocycles. The highest BCUT2D eigenvalue weighted by molar-refractivity contribution is 7.10. The summed E-state index contributed by atoms with van der Waals surface area (Å²) in [5.41, 5.74) is 10.2. The van der Waals surface area contributed by atoms with E-state index in [2.05, 4.69) is 52.8 Å². The third-order valence-corrected chi connectivity index (χ3v) is 6.04. The van der Waals surface area contributed by atoms with Gasteiger partial charge in [0.15, 0.2) is 0 Å². The van der Waals surface area contributed by atoms with E-state index in [4.69, 9.17) is 10.5 Å². The summed E-state index contributed by atoms with van der Waals surface area (Å²) in [5, 5.41) is 4.64. The monoisotopic (exact) mass is 388 g/mol. The lowest BCUT2D eigenvalue weighted by atomic mass is 10.0. The highest BCUT2D eigenvalue weighted by atomic mass is 32.1. The first-order chi connectivity index (χ1) is 13.7. The van der Waals surface area contributed by atoms with Crippen LogP contribution in [0, 0.1) is 0 Å². The molecule has 1 atom stereocenters. The van der Waals surface area contributed by atoms with Crippen LogP contribution in [0.15, 0.2) is 72.4 Å². The molecule has 28 heavy (non-hydrogen) atoms. The van der Waals surface area contributed by atoms with Crippen molar-refractivity contribution in [3.8, 4) is 16.9 Å². The van der Waals surface area contributed by atoms with Crippen molar-refractivity contribution in [2.75, 3.05) is 7.11 Å². The van der Waals surface area contributed by atoms with Crippen molar-refractivity contribution < 1.29 is 4.74 Å². The Bertz CT molecular complexity index is 1060. The molecular formula is C24H24N2OS. The molecule has 0 amide bonds. The third-order valence-electron chi connectivity index (χ3n) is 5.05. The summed E-state index contributed by atoms with van der Waals surface area (Å²) in [7, 11) is 1.69. The summed E-state index contributed by atoms with van der Waals surface area (Å²) in [6.07, 6.45) is 6.63. The number of fused-ring (bicyclic) bond motifs is 1. The van der Waals surface area contributed by atoms with Crippen molar-refractivity contribution in [1.29, 1.82) is 0 Å². The second kappa shape index (κ2) is 8.55. The largest absolute Gasteiger partial charge is 0.497 e. The van der Waals surface area contributed by atoms with Crippen LogP contribution in [-0.2, 0) is 12.8 Å². The number of aryl methyl sites for hydroxylation is 1. The Kier molecular flexibility index (Phi) is 5.70. The maximum Gasteiger partial charge on any atom is 0.118 e. The van der Waals surface area contributed by atoms with E-state index in [-0.39, 0.29) is 6.04 Å². The van der Waals surface area contributed by atoms with Gasteiger partial charge < -0.3 is 10.5 Å². The van der Waals surface area contributed by atoms with Crippen LogP contribution in [-0.4, -0.2) is 18.1 Å². The van der Waals surface area contributed by atoms with Gasteiger partial charge in [-0.1, -0.05) is 24.3 Å². The Morgan fingerprint density at radius 1 is 1.00 bits per heavy atom. The quantitative estimate of drug-likeness (QED) is 0.456. The Labute approximate surface area is 169 Å². The molecule has 4 rings (SSSR count). The molecule has 0 aliphatic heterocycles. The molecule has 0 unspecified atom stereocenters. The Morgan fingerprint density at radius 2 is 1.86 bits per heavy atom. The fourth-order valence-corrected chi connectivity index (χ4v) is 4.33. The lowest BCUT2D eigenvalue weighted by Gasteiger charge is -2.11. The smallest absolute Gasteiger partial charge is 0.118 e. The van der Waals surface area contributed by atoms with E-state index in [1.54, 1.807) is 7.11 Å². The zero-order chi connectivity index (χ0) is 19.3. The summed E-state index contributed by atoms with van der Waals surface area (Å²) >= 11 is 1.82. The van der Waals surface area contributed by atoms with Gasteiger partial charge in [0.05, 0.1) is 7.11 Å². The number of rotatable bonds is 7. The van der Waals surface area contributed by atoms with Crippen molar-refractivity contribution in [1.82, 2.24) is 4.98 Å². The molecule has 4 heteroatoms. The molecule has 0 aliphatic carbocycles. The van der Waals surface area contributed by atoms with E-state index >= 15 is 0 Å². The fourth-order valence-electron chi connectivity index (χ4n) is 3.42. The lowest BCUT2D eigenvalue weighted by molar-refractivity contribution is 0.414. The molecule has 0 radical (unpaired) electrons. The maximum atomic E-state index is 6.37. The Balaban J connectivity index is 1.37. The van der Waals surface area contributed by atoms with Crippen molar-refractivity contribution in [3.05, 3.63) is 82.8 Å². The van der Waals surface area contributed by atoms with Crippen LogP contribution < -0.4 is 10.5 Å². The van der Waals surface area contributed by atoms with Crippen molar-refractivity contribution in [2.45, 2.75) is 25.3 Å². The lowest BCUT2D eigenvalue weighted by Crippen LogP contribution is -2.23. The van der Waals surface area contributed by atoms with Gasteiger partial charge >= 0.3 is 0 Å². The number of ether oxygens (including phenoxy) is 1. The van der Waals surface area contributed by atoms with Gasteiger partial charge in [-0.15, -0.1) is 11.3 Å². The molecule has 142 valence electrons. The number of benzene rings is 2. The molecule has 0 aliphatic rings. The van der Waals surface area contributed by atoms with Gasteiger partial charge in [0.25, 0.3) is 0 Å². The van der Waals surface area contributed by atoms with Crippen LogP contribution in [0.4, 0.5) is 0 Å². The van der Waals surface area contributed by atoms with Crippen molar-refractivity contribution in [2.24, 2.45) is 5.73 Å². The normalized spacial score (nSPS) is 12.2.